The third kappa shape index (κ3) is 2.40. The van der Waals surface area contributed by atoms with E-state index in [9.17, 15) is 0 Å². The fourth-order valence-electron chi connectivity index (χ4n) is 3.12. The summed E-state index contributed by atoms with van der Waals surface area (Å²) in [6.07, 6.45) is 2.35. The van der Waals surface area contributed by atoms with Crippen LogP contribution in [0.1, 0.15) is 18.1 Å². The van der Waals surface area contributed by atoms with E-state index < -0.39 is 0 Å². The monoisotopic (exact) mass is 257 g/mol. The van der Waals surface area contributed by atoms with E-state index >= 15 is 0 Å². The van der Waals surface area contributed by atoms with Gasteiger partial charge in [0.05, 0.1) is 0 Å². The first-order chi connectivity index (χ1) is 9.29. The van der Waals surface area contributed by atoms with Crippen molar-refractivity contribution in [2.75, 3.05) is 26.2 Å². The maximum Gasteiger partial charge on any atom is 0.0486 e. The van der Waals surface area contributed by atoms with Crippen molar-refractivity contribution in [2.45, 2.75) is 26.9 Å². The Kier molecular flexibility index (Phi) is 3.58. The Morgan fingerprint density at radius 1 is 1.21 bits per heavy atom. The summed E-state index contributed by atoms with van der Waals surface area (Å²) in [5.41, 5.74) is 4.26. The van der Waals surface area contributed by atoms with Gasteiger partial charge in [0.15, 0.2) is 0 Å². The van der Waals surface area contributed by atoms with Crippen LogP contribution in [0.5, 0.6) is 0 Å². The van der Waals surface area contributed by atoms with E-state index in [0.29, 0.717) is 0 Å². The molecule has 3 rings (SSSR count). The largest absolute Gasteiger partial charge is 0.347 e. The van der Waals surface area contributed by atoms with Gasteiger partial charge in [-0.25, -0.2) is 0 Å². The zero-order chi connectivity index (χ0) is 13.2. The number of fused-ring (bicyclic) bond motifs is 1. The highest BCUT2D eigenvalue weighted by Gasteiger charge is 2.15. The molecule has 1 aliphatic rings. The number of aromatic nitrogens is 1. The lowest BCUT2D eigenvalue weighted by atomic mass is 10.1. The Labute approximate surface area is 115 Å². The Morgan fingerprint density at radius 3 is 2.74 bits per heavy atom. The molecule has 3 nitrogen and oxygen atoms in total. The van der Waals surface area contributed by atoms with Gasteiger partial charge in [0, 0.05) is 56.4 Å². The molecule has 0 amide bonds. The molecule has 1 N–H and O–H groups in total. The molecule has 0 unspecified atom stereocenters. The van der Waals surface area contributed by atoms with Crippen LogP contribution >= 0.6 is 0 Å². The highest BCUT2D eigenvalue weighted by molar-refractivity contribution is 5.87. The minimum Gasteiger partial charge on any atom is -0.347 e. The van der Waals surface area contributed by atoms with Crippen LogP contribution in [0.4, 0.5) is 0 Å². The van der Waals surface area contributed by atoms with Gasteiger partial charge in [-0.3, -0.25) is 4.90 Å². The average Bonchev–Trinajstić information content (AvgIpc) is 2.79. The van der Waals surface area contributed by atoms with Crippen LogP contribution in [0, 0.1) is 6.92 Å². The normalized spacial score (nSPS) is 17.2. The van der Waals surface area contributed by atoms with E-state index in [2.05, 4.69) is 53.0 Å². The second kappa shape index (κ2) is 5.35. The summed E-state index contributed by atoms with van der Waals surface area (Å²) < 4.78 is 2.37. The number of nitrogens with zero attached hydrogens (tertiary/aromatic N) is 2. The first kappa shape index (κ1) is 12.7. The summed E-state index contributed by atoms with van der Waals surface area (Å²) in [6.45, 7) is 11.1. The van der Waals surface area contributed by atoms with E-state index in [1.165, 1.54) is 22.0 Å². The standard InChI is InChI=1S/C16H23N3/c1-3-19-12-14(11-18-9-7-17-8-10-18)16-13(2)5-4-6-15(16)19/h4-6,12,17H,3,7-11H2,1-2H3. The van der Waals surface area contributed by atoms with Gasteiger partial charge in [-0.15, -0.1) is 0 Å². The molecule has 0 aliphatic carbocycles. The van der Waals surface area contributed by atoms with E-state index in [1.807, 2.05) is 0 Å². The molecule has 3 heteroatoms. The van der Waals surface area contributed by atoms with E-state index in [0.717, 1.165) is 39.3 Å². The van der Waals surface area contributed by atoms with Crippen molar-refractivity contribution in [2.24, 2.45) is 0 Å². The van der Waals surface area contributed by atoms with Gasteiger partial charge in [0.2, 0.25) is 0 Å². The topological polar surface area (TPSA) is 20.2 Å². The molecule has 1 saturated heterocycles. The summed E-state index contributed by atoms with van der Waals surface area (Å²) in [5.74, 6) is 0. The third-order valence-corrected chi connectivity index (χ3v) is 4.14. The van der Waals surface area contributed by atoms with Gasteiger partial charge in [0.1, 0.15) is 0 Å². The van der Waals surface area contributed by atoms with Crippen molar-refractivity contribution in [3.05, 3.63) is 35.5 Å². The number of piperazine rings is 1. The second-order valence-corrected chi connectivity index (χ2v) is 5.44. The smallest absolute Gasteiger partial charge is 0.0486 e. The van der Waals surface area contributed by atoms with Crippen LogP contribution in [-0.4, -0.2) is 35.6 Å². The maximum absolute atomic E-state index is 3.42. The van der Waals surface area contributed by atoms with Gasteiger partial charge in [0.25, 0.3) is 0 Å². The summed E-state index contributed by atoms with van der Waals surface area (Å²) in [4.78, 5) is 2.55. The molecule has 19 heavy (non-hydrogen) atoms. The first-order valence-electron chi connectivity index (χ1n) is 7.30. The third-order valence-electron chi connectivity index (χ3n) is 4.14. The van der Waals surface area contributed by atoms with Gasteiger partial charge in [-0.05, 0) is 31.0 Å². The Hall–Kier alpha value is -1.32. The second-order valence-electron chi connectivity index (χ2n) is 5.44. The molecule has 1 fully saturated rings. The molecule has 0 bridgehead atoms. The lowest BCUT2D eigenvalue weighted by Crippen LogP contribution is -2.42. The summed E-state index contributed by atoms with van der Waals surface area (Å²) in [6, 6.07) is 6.63. The number of aryl methyl sites for hydroxylation is 2. The van der Waals surface area contributed by atoms with Gasteiger partial charge in [-0.2, -0.15) is 0 Å². The van der Waals surface area contributed by atoms with Crippen molar-refractivity contribution >= 4 is 10.9 Å². The molecule has 1 aliphatic heterocycles. The van der Waals surface area contributed by atoms with Crippen LogP contribution in [-0.2, 0) is 13.1 Å². The molecule has 1 aromatic heterocycles. The van der Waals surface area contributed by atoms with Gasteiger partial charge >= 0.3 is 0 Å². The van der Waals surface area contributed by atoms with Crippen molar-refractivity contribution in [3.63, 3.8) is 0 Å². The highest BCUT2D eigenvalue weighted by Crippen LogP contribution is 2.26. The fraction of sp³-hybridized carbons (Fsp3) is 0.500. The average molecular weight is 257 g/mol. The lowest BCUT2D eigenvalue weighted by Gasteiger charge is -2.27. The van der Waals surface area contributed by atoms with Gasteiger partial charge in [-0.1, -0.05) is 12.1 Å². The Balaban J connectivity index is 1.98. The SMILES string of the molecule is CCn1cc(CN2CCNCC2)c2c(C)cccc21. The number of hydrogen-bond donors (Lipinski definition) is 1. The molecule has 0 saturated carbocycles. The van der Waals surface area contributed by atoms with Crippen LogP contribution in [0.25, 0.3) is 10.9 Å². The molecular formula is C16H23N3. The summed E-state index contributed by atoms with van der Waals surface area (Å²) in [7, 11) is 0. The predicted molar refractivity (Wildman–Crippen MR) is 80.5 cm³/mol. The minimum absolute atomic E-state index is 1.04. The van der Waals surface area contributed by atoms with Crippen LogP contribution in [0.3, 0.4) is 0 Å². The van der Waals surface area contributed by atoms with E-state index in [-0.39, 0.29) is 0 Å². The zero-order valence-corrected chi connectivity index (χ0v) is 11.9. The number of benzene rings is 1. The minimum atomic E-state index is 1.04. The van der Waals surface area contributed by atoms with E-state index in [4.69, 9.17) is 0 Å². The Bertz CT molecular complexity index is 565. The van der Waals surface area contributed by atoms with Crippen LogP contribution in [0.15, 0.2) is 24.4 Å². The summed E-state index contributed by atoms with van der Waals surface area (Å²) in [5, 5.41) is 4.88. The zero-order valence-electron chi connectivity index (χ0n) is 11.9. The van der Waals surface area contributed by atoms with Crippen LogP contribution in [0.2, 0.25) is 0 Å². The molecule has 0 spiro atoms. The molecule has 102 valence electrons. The van der Waals surface area contributed by atoms with Crippen molar-refractivity contribution in [1.82, 2.24) is 14.8 Å². The lowest BCUT2D eigenvalue weighted by molar-refractivity contribution is 0.234. The van der Waals surface area contributed by atoms with Crippen molar-refractivity contribution in [1.29, 1.82) is 0 Å². The first-order valence-corrected chi connectivity index (χ1v) is 7.30. The van der Waals surface area contributed by atoms with Crippen molar-refractivity contribution in [3.8, 4) is 0 Å². The predicted octanol–water partition coefficient (Wildman–Crippen LogP) is 2.37. The van der Waals surface area contributed by atoms with E-state index in [1.54, 1.807) is 0 Å². The Morgan fingerprint density at radius 2 is 2.00 bits per heavy atom. The van der Waals surface area contributed by atoms with Crippen molar-refractivity contribution < 1.29 is 0 Å². The number of rotatable bonds is 3. The molecule has 0 radical (unpaired) electrons. The highest BCUT2D eigenvalue weighted by atomic mass is 15.2. The molecule has 1 aromatic carbocycles. The van der Waals surface area contributed by atoms with Crippen LogP contribution < -0.4 is 5.32 Å². The molecule has 0 atom stereocenters. The van der Waals surface area contributed by atoms with Gasteiger partial charge < -0.3 is 9.88 Å². The molecule has 2 aromatic rings. The fourth-order valence-corrected chi connectivity index (χ4v) is 3.12. The summed E-state index contributed by atoms with van der Waals surface area (Å²) >= 11 is 0. The number of hydrogen-bond acceptors (Lipinski definition) is 2. The number of nitrogens with one attached hydrogen (secondary N) is 1. The molecule has 2 heterocycles. The maximum atomic E-state index is 3.42. The molecular weight excluding hydrogens is 234 g/mol. The quantitative estimate of drug-likeness (QED) is 0.911.